The van der Waals surface area contributed by atoms with Crippen molar-refractivity contribution in [2.75, 3.05) is 26.4 Å². The van der Waals surface area contributed by atoms with Crippen molar-refractivity contribution < 1.29 is 14.6 Å². The van der Waals surface area contributed by atoms with Crippen LogP contribution in [-0.2, 0) is 22.6 Å². The molecule has 20 heavy (non-hydrogen) atoms. The fourth-order valence-corrected chi connectivity index (χ4v) is 2.20. The summed E-state index contributed by atoms with van der Waals surface area (Å²) in [7, 11) is 0. The number of hydrogen-bond donors (Lipinski definition) is 2. The van der Waals surface area contributed by atoms with E-state index in [1.54, 1.807) is 6.33 Å². The Morgan fingerprint density at radius 3 is 3.30 bits per heavy atom. The van der Waals surface area contributed by atoms with Crippen LogP contribution in [0.2, 0.25) is 0 Å². The van der Waals surface area contributed by atoms with Gasteiger partial charge in [-0.3, -0.25) is 0 Å². The van der Waals surface area contributed by atoms with Crippen molar-refractivity contribution in [1.82, 2.24) is 20.1 Å². The van der Waals surface area contributed by atoms with Crippen molar-refractivity contribution in [2.45, 2.75) is 45.1 Å². The van der Waals surface area contributed by atoms with Gasteiger partial charge in [0.05, 0.1) is 32.0 Å². The molecule has 1 aliphatic heterocycles. The minimum atomic E-state index is -0.519. The average Bonchev–Trinajstić information content (AvgIpc) is 3.09. The summed E-state index contributed by atoms with van der Waals surface area (Å²) in [4.78, 5) is 0. The molecule has 0 saturated carbocycles. The van der Waals surface area contributed by atoms with Gasteiger partial charge in [-0.1, -0.05) is 0 Å². The molecule has 2 atom stereocenters. The highest BCUT2D eigenvalue weighted by molar-refractivity contribution is 4.84. The Balaban J connectivity index is 1.54. The predicted molar refractivity (Wildman–Crippen MR) is 73.2 cm³/mol. The summed E-state index contributed by atoms with van der Waals surface area (Å²) in [6.45, 7) is 5.68. The zero-order valence-electron chi connectivity index (χ0n) is 12.0. The highest BCUT2D eigenvalue weighted by Crippen LogP contribution is 2.11. The summed E-state index contributed by atoms with van der Waals surface area (Å²) in [5, 5.41) is 20.8. The molecule has 2 N–H and O–H groups in total. The Bertz CT molecular complexity index is 379. The lowest BCUT2D eigenvalue weighted by atomic mass is 10.2. The molecule has 2 heterocycles. The first-order valence-electron chi connectivity index (χ1n) is 7.24. The molecule has 1 aliphatic rings. The van der Waals surface area contributed by atoms with E-state index >= 15 is 0 Å². The molecule has 0 bridgehead atoms. The van der Waals surface area contributed by atoms with Crippen molar-refractivity contribution >= 4 is 0 Å². The van der Waals surface area contributed by atoms with Gasteiger partial charge in [0.2, 0.25) is 0 Å². The van der Waals surface area contributed by atoms with E-state index in [4.69, 9.17) is 9.47 Å². The topological polar surface area (TPSA) is 81.4 Å². The highest BCUT2D eigenvalue weighted by Gasteiger charge is 2.16. The minimum absolute atomic E-state index is 0.207. The molecule has 0 aliphatic carbocycles. The van der Waals surface area contributed by atoms with E-state index in [0.29, 0.717) is 26.3 Å². The third-order valence-electron chi connectivity index (χ3n) is 3.34. The zero-order valence-corrected chi connectivity index (χ0v) is 12.0. The normalized spacial score (nSPS) is 20.4. The molecule has 2 unspecified atom stereocenters. The molecular formula is C13H24N4O3. The van der Waals surface area contributed by atoms with Crippen LogP contribution in [-0.4, -0.2) is 58.4 Å². The van der Waals surface area contributed by atoms with Crippen LogP contribution in [0.3, 0.4) is 0 Å². The summed E-state index contributed by atoms with van der Waals surface area (Å²) in [6.07, 6.45) is 3.56. The maximum Gasteiger partial charge on any atom is 0.146 e. The predicted octanol–water partition coefficient (Wildman–Crippen LogP) is -0.0559. The molecule has 0 amide bonds. The van der Waals surface area contributed by atoms with Gasteiger partial charge >= 0.3 is 0 Å². The Morgan fingerprint density at radius 2 is 2.55 bits per heavy atom. The van der Waals surface area contributed by atoms with Crippen LogP contribution >= 0.6 is 0 Å². The quantitative estimate of drug-likeness (QED) is 0.661. The van der Waals surface area contributed by atoms with Crippen molar-refractivity contribution in [3.8, 4) is 0 Å². The summed E-state index contributed by atoms with van der Waals surface area (Å²) < 4.78 is 12.9. The molecule has 1 aromatic heterocycles. The number of aryl methyl sites for hydroxylation is 1. The lowest BCUT2D eigenvalue weighted by molar-refractivity contribution is -0.0165. The van der Waals surface area contributed by atoms with Gasteiger partial charge in [0.25, 0.3) is 0 Å². The third-order valence-corrected chi connectivity index (χ3v) is 3.34. The summed E-state index contributed by atoms with van der Waals surface area (Å²) in [5.74, 6) is 0.875. The maximum absolute atomic E-state index is 9.81. The van der Waals surface area contributed by atoms with Crippen LogP contribution in [0, 0.1) is 0 Å². The Morgan fingerprint density at radius 1 is 1.65 bits per heavy atom. The smallest absolute Gasteiger partial charge is 0.146 e. The molecule has 0 spiro atoms. The van der Waals surface area contributed by atoms with E-state index in [0.717, 1.165) is 31.8 Å². The number of aromatic nitrogens is 3. The molecule has 7 nitrogen and oxygen atoms in total. The van der Waals surface area contributed by atoms with Crippen molar-refractivity contribution in [2.24, 2.45) is 0 Å². The van der Waals surface area contributed by atoms with Crippen LogP contribution in [0.15, 0.2) is 6.33 Å². The van der Waals surface area contributed by atoms with Crippen molar-refractivity contribution in [1.29, 1.82) is 0 Å². The standard InChI is InChI=1S/C13H24N4O3/c1-2-17-10-15-16-13(17)7-14-6-11(18)8-19-9-12-4-3-5-20-12/h10-12,14,18H,2-9H2,1H3. The second kappa shape index (κ2) is 8.31. The number of nitrogens with one attached hydrogen (secondary N) is 1. The first kappa shape index (κ1) is 15.4. The maximum atomic E-state index is 9.81. The summed E-state index contributed by atoms with van der Waals surface area (Å²) in [5.41, 5.74) is 0. The number of aliphatic hydroxyl groups excluding tert-OH is 1. The van der Waals surface area contributed by atoms with Gasteiger partial charge in [-0.25, -0.2) is 0 Å². The van der Waals surface area contributed by atoms with Gasteiger partial charge in [-0.15, -0.1) is 10.2 Å². The number of rotatable bonds is 9. The van der Waals surface area contributed by atoms with Gasteiger partial charge in [0.15, 0.2) is 0 Å². The Hall–Kier alpha value is -1.02. The molecule has 1 fully saturated rings. The Labute approximate surface area is 119 Å². The monoisotopic (exact) mass is 284 g/mol. The molecule has 0 radical (unpaired) electrons. The molecular weight excluding hydrogens is 260 g/mol. The number of ether oxygens (including phenoxy) is 2. The third kappa shape index (κ3) is 4.82. The van der Waals surface area contributed by atoms with E-state index in [1.807, 2.05) is 11.5 Å². The number of aliphatic hydroxyl groups is 1. The number of nitrogens with zero attached hydrogens (tertiary/aromatic N) is 3. The summed E-state index contributed by atoms with van der Waals surface area (Å²) >= 11 is 0. The van der Waals surface area contributed by atoms with E-state index in [1.165, 1.54) is 0 Å². The minimum Gasteiger partial charge on any atom is -0.389 e. The SMILES string of the molecule is CCn1cnnc1CNCC(O)COCC1CCCO1. The molecule has 2 rings (SSSR count). The fraction of sp³-hybridized carbons (Fsp3) is 0.846. The van der Waals surface area contributed by atoms with Crippen LogP contribution in [0.25, 0.3) is 0 Å². The second-order valence-electron chi connectivity index (χ2n) is 4.99. The summed E-state index contributed by atoms with van der Waals surface area (Å²) in [6, 6.07) is 0. The molecule has 0 aromatic carbocycles. The fourth-order valence-electron chi connectivity index (χ4n) is 2.20. The zero-order chi connectivity index (χ0) is 14.2. The van der Waals surface area contributed by atoms with Crippen molar-refractivity contribution in [3.63, 3.8) is 0 Å². The van der Waals surface area contributed by atoms with E-state index in [2.05, 4.69) is 15.5 Å². The van der Waals surface area contributed by atoms with Crippen LogP contribution in [0.1, 0.15) is 25.6 Å². The molecule has 114 valence electrons. The largest absolute Gasteiger partial charge is 0.389 e. The first-order chi connectivity index (χ1) is 9.79. The molecule has 1 aromatic rings. The van der Waals surface area contributed by atoms with Crippen LogP contribution in [0.4, 0.5) is 0 Å². The lowest BCUT2D eigenvalue weighted by Crippen LogP contribution is -2.31. The van der Waals surface area contributed by atoms with Crippen LogP contribution in [0.5, 0.6) is 0 Å². The van der Waals surface area contributed by atoms with Gasteiger partial charge in [0.1, 0.15) is 12.2 Å². The van der Waals surface area contributed by atoms with E-state index in [9.17, 15) is 5.11 Å². The average molecular weight is 284 g/mol. The number of hydrogen-bond acceptors (Lipinski definition) is 6. The van der Waals surface area contributed by atoms with E-state index in [-0.39, 0.29) is 6.10 Å². The van der Waals surface area contributed by atoms with Gasteiger partial charge in [-0.05, 0) is 19.8 Å². The highest BCUT2D eigenvalue weighted by atomic mass is 16.5. The van der Waals surface area contributed by atoms with Gasteiger partial charge in [-0.2, -0.15) is 0 Å². The second-order valence-corrected chi connectivity index (χ2v) is 4.99. The molecule has 1 saturated heterocycles. The lowest BCUT2D eigenvalue weighted by Gasteiger charge is -2.14. The van der Waals surface area contributed by atoms with Crippen LogP contribution < -0.4 is 5.32 Å². The van der Waals surface area contributed by atoms with Gasteiger partial charge in [0, 0.05) is 19.7 Å². The van der Waals surface area contributed by atoms with E-state index < -0.39 is 6.10 Å². The first-order valence-corrected chi connectivity index (χ1v) is 7.24. The van der Waals surface area contributed by atoms with Crippen molar-refractivity contribution in [3.05, 3.63) is 12.2 Å². The Kier molecular flexibility index (Phi) is 6.38. The molecule has 7 heteroatoms. The van der Waals surface area contributed by atoms with Gasteiger partial charge < -0.3 is 24.5 Å².